The molecule has 0 atom stereocenters. The molecule has 0 heterocycles. The van der Waals surface area contributed by atoms with Crippen molar-refractivity contribution >= 4 is 28.6 Å². The number of carbonyl (C=O) groups is 1. The SMILES string of the molecule is CCOC(=O)c1ccc(I)c(O)c1. The van der Waals surface area contributed by atoms with Crippen molar-refractivity contribution in [3.05, 3.63) is 27.3 Å². The Labute approximate surface area is 89.9 Å². The molecule has 1 N–H and O–H groups in total. The second-order valence-corrected chi connectivity index (χ2v) is 3.55. The predicted molar refractivity (Wildman–Crippen MR) is 56.8 cm³/mol. The van der Waals surface area contributed by atoms with Crippen LogP contribution in [-0.2, 0) is 4.74 Å². The Morgan fingerprint density at radius 3 is 2.85 bits per heavy atom. The lowest BCUT2D eigenvalue weighted by molar-refractivity contribution is 0.0526. The molecule has 1 rings (SSSR count). The Hall–Kier alpha value is -0.780. The largest absolute Gasteiger partial charge is 0.507 e. The third kappa shape index (κ3) is 2.58. The maximum atomic E-state index is 11.2. The topological polar surface area (TPSA) is 46.5 Å². The van der Waals surface area contributed by atoms with Crippen LogP contribution in [0.3, 0.4) is 0 Å². The number of hydrogen-bond acceptors (Lipinski definition) is 3. The van der Waals surface area contributed by atoms with Gasteiger partial charge in [-0.25, -0.2) is 4.79 Å². The number of halogens is 1. The summed E-state index contributed by atoms with van der Waals surface area (Å²) in [5.74, 6) is -0.305. The van der Waals surface area contributed by atoms with E-state index in [-0.39, 0.29) is 5.75 Å². The van der Waals surface area contributed by atoms with Crippen LogP contribution in [0.25, 0.3) is 0 Å². The zero-order chi connectivity index (χ0) is 9.84. The van der Waals surface area contributed by atoms with Crippen molar-refractivity contribution in [1.29, 1.82) is 0 Å². The van der Waals surface area contributed by atoms with Crippen molar-refractivity contribution in [2.45, 2.75) is 6.92 Å². The van der Waals surface area contributed by atoms with Gasteiger partial charge in [-0.15, -0.1) is 0 Å². The molecule has 0 spiro atoms. The van der Waals surface area contributed by atoms with Gasteiger partial charge in [0.05, 0.1) is 15.7 Å². The van der Waals surface area contributed by atoms with Gasteiger partial charge in [-0.1, -0.05) is 0 Å². The van der Waals surface area contributed by atoms with Gasteiger partial charge in [0, 0.05) is 0 Å². The first-order valence-electron chi connectivity index (χ1n) is 3.80. The molecule has 1 aromatic rings. The molecule has 0 saturated carbocycles. The molecule has 13 heavy (non-hydrogen) atoms. The molecular weight excluding hydrogens is 283 g/mol. The molecule has 0 bridgehead atoms. The average Bonchev–Trinajstić information content (AvgIpc) is 2.10. The van der Waals surface area contributed by atoms with E-state index in [0.29, 0.717) is 15.7 Å². The summed E-state index contributed by atoms with van der Waals surface area (Å²) in [4.78, 5) is 11.2. The summed E-state index contributed by atoms with van der Waals surface area (Å²) in [6, 6.07) is 4.70. The second kappa shape index (κ2) is 4.45. The van der Waals surface area contributed by atoms with Gasteiger partial charge in [0.15, 0.2) is 0 Å². The lowest BCUT2D eigenvalue weighted by Gasteiger charge is -2.02. The van der Waals surface area contributed by atoms with E-state index in [1.165, 1.54) is 6.07 Å². The number of hydrogen-bond donors (Lipinski definition) is 1. The molecule has 3 nitrogen and oxygen atoms in total. The van der Waals surface area contributed by atoms with Gasteiger partial charge in [0.2, 0.25) is 0 Å². The smallest absolute Gasteiger partial charge is 0.338 e. The summed E-state index contributed by atoms with van der Waals surface area (Å²) in [6.45, 7) is 2.08. The van der Waals surface area contributed by atoms with Crippen LogP contribution in [-0.4, -0.2) is 17.7 Å². The van der Waals surface area contributed by atoms with Crippen molar-refractivity contribution in [1.82, 2.24) is 0 Å². The van der Waals surface area contributed by atoms with Gasteiger partial charge in [-0.05, 0) is 47.7 Å². The minimum atomic E-state index is -0.408. The zero-order valence-electron chi connectivity index (χ0n) is 7.08. The van der Waals surface area contributed by atoms with Crippen molar-refractivity contribution in [2.75, 3.05) is 6.61 Å². The molecule has 0 aromatic heterocycles. The van der Waals surface area contributed by atoms with Crippen LogP contribution >= 0.6 is 22.6 Å². The summed E-state index contributed by atoms with van der Waals surface area (Å²) in [5, 5.41) is 9.30. The number of carbonyl (C=O) groups excluding carboxylic acids is 1. The molecule has 0 aliphatic rings. The van der Waals surface area contributed by atoms with Gasteiger partial charge < -0.3 is 9.84 Å². The van der Waals surface area contributed by atoms with Crippen molar-refractivity contribution in [3.63, 3.8) is 0 Å². The van der Waals surface area contributed by atoms with Crippen LogP contribution in [0.2, 0.25) is 0 Å². The number of rotatable bonds is 2. The first kappa shape index (κ1) is 10.3. The number of benzene rings is 1. The second-order valence-electron chi connectivity index (χ2n) is 2.39. The van der Waals surface area contributed by atoms with Crippen LogP contribution in [0, 0.1) is 3.57 Å². The van der Waals surface area contributed by atoms with Crippen LogP contribution < -0.4 is 0 Å². The van der Waals surface area contributed by atoms with E-state index in [1.807, 2.05) is 22.6 Å². The van der Waals surface area contributed by atoms with E-state index in [4.69, 9.17) is 4.74 Å². The minimum Gasteiger partial charge on any atom is -0.507 e. The fourth-order valence-electron chi connectivity index (χ4n) is 0.854. The van der Waals surface area contributed by atoms with E-state index in [2.05, 4.69) is 0 Å². The van der Waals surface area contributed by atoms with Crippen molar-refractivity contribution in [2.24, 2.45) is 0 Å². The molecular formula is C9H9IO3. The number of esters is 1. The molecule has 0 unspecified atom stereocenters. The highest BCUT2D eigenvalue weighted by atomic mass is 127. The Bertz CT molecular complexity index is 323. The highest BCUT2D eigenvalue weighted by molar-refractivity contribution is 14.1. The van der Waals surface area contributed by atoms with Crippen LogP contribution in [0.1, 0.15) is 17.3 Å². The number of phenolic OH excluding ortho intramolecular Hbond substituents is 1. The number of aromatic hydroxyl groups is 1. The lowest BCUT2D eigenvalue weighted by atomic mass is 10.2. The average molecular weight is 292 g/mol. The van der Waals surface area contributed by atoms with Crippen LogP contribution in [0.4, 0.5) is 0 Å². The Morgan fingerprint density at radius 2 is 2.31 bits per heavy atom. The molecule has 0 aliphatic carbocycles. The first-order chi connectivity index (χ1) is 6.15. The van der Waals surface area contributed by atoms with Crippen LogP contribution in [0.15, 0.2) is 18.2 Å². The highest BCUT2D eigenvalue weighted by Crippen LogP contribution is 2.20. The maximum absolute atomic E-state index is 11.2. The first-order valence-corrected chi connectivity index (χ1v) is 4.88. The minimum absolute atomic E-state index is 0.103. The summed E-state index contributed by atoms with van der Waals surface area (Å²) in [6.07, 6.45) is 0. The fraction of sp³-hybridized carbons (Fsp3) is 0.222. The molecule has 0 aliphatic heterocycles. The summed E-state index contributed by atoms with van der Waals surface area (Å²) < 4.78 is 5.48. The molecule has 0 amide bonds. The Morgan fingerprint density at radius 1 is 1.62 bits per heavy atom. The van der Waals surface area contributed by atoms with E-state index >= 15 is 0 Å². The Kier molecular flexibility index (Phi) is 3.53. The lowest BCUT2D eigenvalue weighted by Crippen LogP contribution is -2.04. The molecule has 0 fully saturated rings. The number of ether oxygens (including phenoxy) is 1. The monoisotopic (exact) mass is 292 g/mol. The van der Waals surface area contributed by atoms with E-state index in [1.54, 1.807) is 19.1 Å². The number of phenols is 1. The van der Waals surface area contributed by atoms with E-state index in [0.717, 1.165) is 0 Å². The molecule has 0 radical (unpaired) electrons. The third-order valence-corrected chi connectivity index (χ3v) is 2.37. The van der Waals surface area contributed by atoms with Gasteiger partial charge in [-0.3, -0.25) is 0 Å². The highest BCUT2D eigenvalue weighted by Gasteiger charge is 2.07. The van der Waals surface area contributed by atoms with Crippen LogP contribution in [0.5, 0.6) is 5.75 Å². The summed E-state index contributed by atoms with van der Waals surface area (Å²) in [7, 11) is 0. The van der Waals surface area contributed by atoms with Gasteiger partial charge >= 0.3 is 5.97 Å². The zero-order valence-corrected chi connectivity index (χ0v) is 9.24. The van der Waals surface area contributed by atoms with Gasteiger partial charge in [0.25, 0.3) is 0 Å². The van der Waals surface area contributed by atoms with E-state index < -0.39 is 5.97 Å². The summed E-state index contributed by atoms with van der Waals surface area (Å²) in [5.41, 5.74) is 0.375. The molecule has 0 saturated heterocycles. The summed E-state index contributed by atoms with van der Waals surface area (Å²) >= 11 is 1.98. The molecule has 1 aromatic carbocycles. The normalized spacial score (nSPS) is 9.69. The van der Waals surface area contributed by atoms with Gasteiger partial charge in [0.1, 0.15) is 5.75 Å². The maximum Gasteiger partial charge on any atom is 0.338 e. The molecule has 4 heteroatoms. The Balaban J connectivity index is 2.90. The predicted octanol–water partition coefficient (Wildman–Crippen LogP) is 2.17. The van der Waals surface area contributed by atoms with E-state index in [9.17, 15) is 9.90 Å². The molecule has 70 valence electrons. The quantitative estimate of drug-likeness (QED) is 0.671. The van der Waals surface area contributed by atoms with Gasteiger partial charge in [-0.2, -0.15) is 0 Å². The third-order valence-electron chi connectivity index (χ3n) is 1.46. The van der Waals surface area contributed by atoms with Crippen molar-refractivity contribution < 1.29 is 14.6 Å². The fourth-order valence-corrected chi connectivity index (χ4v) is 1.19. The standard InChI is InChI=1S/C9H9IO3/c1-2-13-9(12)6-3-4-7(10)8(11)5-6/h3-5,11H,2H2,1H3. The van der Waals surface area contributed by atoms with Crippen molar-refractivity contribution in [3.8, 4) is 5.75 Å².